The molecule has 1 unspecified atom stereocenters. The van der Waals surface area contributed by atoms with E-state index in [1.807, 2.05) is 47.7 Å². The van der Waals surface area contributed by atoms with Gasteiger partial charge in [-0.2, -0.15) is 0 Å². The fourth-order valence-corrected chi connectivity index (χ4v) is 6.30. The van der Waals surface area contributed by atoms with Gasteiger partial charge in [0, 0.05) is 30.5 Å². The van der Waals surface area contributed by atoms with Gasteiger partial charge in [0.1, 0.15) is 29.3 Å². The standard InChI is InChI=1S/C28H32ClN5O2S/c1-35-14-4-11-30-13-10-19-6-8-22-25(15-19)37-28-26(22)27(32-18-33-28)34-20-7-9-24(23(29)16-20)36-17-21-5-2-3-12-31-21/h2-3,5,7,9,12,16,18-19,30H,4,6,8,10-11,13-15,17H2,1H3,(H,32,33,34). The van der Waals surface area contributed by atoms with E-state index < -0.39 is 0 Å². The molecule has 3 aromatic heterocycles. The Kier molecular flexibility index (Phi) is 8.84. The molecular formula is C28H32ClN5O2S. The molecule has 0 spiro atoms. The minimum absolute atomic E-state index is 0.367. The minimum atomic E-state index is 0.367. The van der Waals surface area contributed by atoms with E-state index in [4.69, 9.17) is 21.1 Å². The molecule has 1 aliphatic rings. The zero-order chi connectivity index (χ0) is 25.5. The van der Waals surface area contributed by atoms with Crippen molar-refractivity contribution in [2.24, 2.45) is 5.92 Å². The van der Waals surface area contributed by atoms with E-state index in [1.165, 1.54) is 23.3 Å². The number of anilines is 2. The van der Waals surface area contributed by atoms with Gasteiger partial charge in [-0.15, -0.1) is 11.3 Å². The Morgan fingerprint density at radius 1 is 1.14 bits per heavy atom. The number of aromatic nitrogens is 3. The highest BCUT2D eigenvalue weighted by molar-refractivity contribution is 7.19. The van der Waals surface area contributed by atoms with Crippen LogP contribution in [-0.2, 0) is 24.2 Å². The van der Waals surface area contributed by atoms with Crippen LogP contribution in [-0.4, -0.2) is 41.8 Å². The first-order valence-corrected chi connectivity index (χ1v) is 13.9. The Labute approximate surface area is 226 Å². The molecular weight excluding hydrogens is 506 g/mol. The van der Waals surface area contributed by atoms with Crippen LogP contribution in [0.4, 0.5) is 11.5 Å². The summed E-state index contributed by atoms with van der Waals surface area (Å²) >= 11 is 8.35. The molecule has 7 nitrogen and oxygen atoms in total. The molecule has 37 heavy (non-hydrogen) atoms. The maximum atomic E-state index is 6.54. The van der Waals surface area contributed by atoms with Crippen LogP contribution in [0.3, 0.4) is 0 Å². The van der Waals surface area contributed by atoms with Crippen molar-refractivity contribution in [1.29, 1.82) is 0 Å². The highest BCUT2D eigenvalue weighted by Crippen LogP contribution is 2.41. The van der Waals surface area contributed by atoms with Crippen molar-refractivity contribution < 1.29 is 9.47 Å². The van der Waals surface area contributed by atoms with Gasteiger partial charge in [0.15, 0.2) is 0 Å². The van der Waals surface area contributed by atoms with Crippen LogP contribution in [0, 0.1) is 5.92 Å². The molecule has 3 heterocycles. The summed E-state index contributed by atoms with van der Waals surface area (Å²) in [5, 5.41) is 8.71. The average Bonchev–Trinajstić information content (AvgIpc) is 3.29. The zero-order valence-electron chi connectivity index (χ0n) is 21.0. The van der Waals surface area contributed by atoms with Gasteiger partial charge in [-0.3, -0.25) is 4.98 Å². The summed E-state index contributed by atoms with van der Waals surface area (Å²) in [6.07, 6.45) is 9.02. The van der Waals surface area contributed by atoms with Crippen LogP contribution in [0.2, 0.25) is 5.02 Å². The molecule has 0 radical (unpaired) electrons. The van der Waals surface area contributed by atoms with Gasteiger partial charge in [-0.25, -0.2) is 9.97 Å². The number of rotatable bonds is 12. The molecule has 0 amide bonds. The summed E-state index contributed by atoms with van der Waals surface area (Å²) in [6, 6.07) is 11.5. The highest BCUT2D eigenvalue weighted by atomic mass is 35.5. The van der Waals surface area contributed by atoms with Crippen molar-refractivity contribution in [3.05, 3.63) is 70.1 Å². The smallest absolute Gasteiger partial charge is 0.142 e. The van der Waals surface area contributed by atoms with Gasteiger partial charge in [0.2, 0.25) is 0 Å². The summed E-state index contributed by atoms with van der Waals surface area (Å²) < 4.78 is 11.0. The molecule has 0 aliphatic heterocycles. The Balaban J connectivity index is 1.24. The second-order valence-corrected chi connectivity index (χ2v) is 10.8. The predicted octanol–water partition coefficient (Wildman–Crippen LogP) is 6.18. The van der Waals surface area contributed by atoms with Crippen LogP contribution >= 0.6 is 22.9 Å². The van der Waals surface area contributed by atoms with Crippen molar-refractivity contribution in [1.82, 2.24) is 20.3 Å². The largest absolute Gasteiger partial charge is 0.486 e. The number of benzene rings is 1. The molecule has 0 bridgehead atoms. The van der Waals surface area contributed by atoms with Crippen molar-refractivity contribution in [3.63, 3.8) is 0 Å². The number of aryl methyl sites for hydroxylation is 1. The van der Waals surface area contributed by atoms with E-state index in [0.717, 1.165) is 66.4 Å². The first-order chi connectivity index (χ1) is 18.2. The number of pyridine rings is 1. The van der Waals surface area contributed by atoms with Crippen molar-refractivity contribution in [3.8, 4) is 5.75 Å². The second kappa shape index (κ2) is 12.6. The van der Waals surface area contributed by atoms with Crippen LogP contribution in [0.5, 0.6) is 5.75 Å². The lowest BCUT2D eigenvalue weighted by molar-refractivity contribution is 0.194. The lowest BCUT2D eigenvalue weighted by Gasteiger charge is -2.22. The van der Waals surface area contributed by atoms with E-state index >= 15 is 0 Å². The fraction of sp³-hybridized carbons (Fsp3) is 0.393. The lowest BCUT2D eigenvalue weighted by Crippen LogP contribution is -2.22. The summed E-state index contributed by atoms with van der Waals surface area (Å²) in [4.78, 5) is 16.0. The number of thiophene rings is 1. The summed E-state index contributed by atoms with van der Waals surface area (Å²) in [5.41, 5.74) is 3.11. The van der Waals surface area contributed by atoms with Crippen molar-refractivity contribution in [2.75, 3.05) is 32.1 Å². The number of methoxy groups -OCH3 is 1. The first-order valence-electron chi connectivity index (χ1n) is 12.8. The van der Waals surface area contributed by atoms with E-state index in [1.54, 1.807) is 19.6 Å². The lowest BCUT2D eigenvalue weighted by atomic mass is 9.86. The Morgan fingerprint density at radius 3 is 2.92 bits per heavy atom. The number of nitrogens with zero attached hydrogens (tertiary/aromatic N) is 3. The Bertz CT molecular complexity index is 1320. The zero-order valence-corrected chi connectivity index (χ0v) is 22.6. The molecule has 0 saturated heterocycles. The summed E-state index contributed by atoms with van der Waals surface area (Å²) in [5.74, 6) is 2.16. The molecule has 0 fully saturated rings. The topological polar surface area (TPSA) is 81.2 Å². The number of ether oxygens (including phenoxy) is 2. The second-order valence-electron chi connectivity index (χ2n) is 9.28. The number of halogens is 1. The van der Waals surface area contributed by atoms with Gasteiger partial charge in [-0.05, 0) is 87.0 Å². The normalized spacial score (nSPS) is 15.0. The maximum absolute atomic E-state index is 6.54. The number of nitrogens with one attached hydrogen (secondary N) is 2. The fourth-order valence-electron chi connectivity index (χ4n) is 4.76. The molecule has 4 aromatic rings. The quantitative estimate of drug-likeness (QED) is 0.209. The third-order valence-corrected chi connectivity index (χ3v) is 8.13. The van der Waals surface area contributed by atoms with E-state index in [-0.39, 0.29) is 0 Å². The maximum Gasteiger partial charge on any atom is 0.142 e. The summed E-state index contributed by atoms with van der Waals surface area (Å²) in [6.45, 7) is 3.26. The van der Waals surface area contributed by atoms with Gasteiger partial charge in [0.25, 0.3) is 0 Å². The monoisotopic (exact) mass is 537 g/mol. The third-order valence-electron chi connectivity index (χ3n) is 6.68. The molecule has 2 N–H and O–H groups in total. The molecule has 194 valence electrons. The van der Waals surface area contributed by atoms with Crippen LogP contribution in [0.25, 0.3) is 10.2 Å². The van der Waals surface area contributed by atoms with Gasteiger partial charge >= 0.3 is 0 Å². The van der Waals surface area contributed by atoms with Gasteiger partial charge in [0.05, 0.1) is 16.1 Å². The van der Waals surface area contributed by atoms with Gasteiger partial charge in [-0.1, -0.05) is 17.7 Å². The van der Waals surface area contributed by atoms with E-state index in [9.17, 15) is 0 Å². The minimum Gasteiger partial charge on any atom is -0.486 e. The van der Waals surface area contributed by atoms with E-state index in [0.29, 0.717) is 23.3 Å². The van der Waals surface area contributed by atoms with Crippen molar-refractivity contribution in [2.45, 2.75) is 38.7 Å². The number of hydrogen-bond acceptors (Lipinski definition) is 8. The number of hydrogen-bond donors (Lipinski definition) is 2. The molecule has 5 rings (SSSR count). The van der Waals surface area contributed by atoms with Crippen LogP contribution < -0.4 is 15.4 Å². The average molecular weight is 538 g/mol. The Morgan fingerprint density at radius 2 is 2.08 bits per heavy atom. The van der Waals surface area contributed by atoms with Crippen LogP contribution in [0.15, 0.2) is 48.9 Å². The third kappa shape index (κ3) is 6.57. The van der Waals surface area contributed by atoms with Crippen LogP contribution in [0.1, 0.15) is 35.4 Å². The van der Waals surface area contributed by atoms with E-state index in [2.05, 4.69) is 25.6 Å². The molecule has 1 aliphatic carbocycles. The molecule has 1 atom stereocenters. The molecule has 9 heteroatoms. The molecule has 0 saturated carbocycles. The Hall–Kier alpha value is -2.78. The highest BCUT2D eigenvalue weighted by Gasteiger charge is 2.25. The molecule has 1 aromatic carbocycles. The summed E-state index contributed by atoms with van der Waals surface area (Å²) in [7, 11) is 1.75. The SMILES string of the molecule is COCCCNCCC1CCc2c(sc3ncnc(Nc4ccc(OCc5ccccn5)c(Cl)c4)c23)C1. The number of fused-ring (bicyclic) bond motifs is 3. The predicted molar refractivity (Wildman–Crippen MR) is 150 cm³/mol. The first kappa shape index (κ1) is 25.9. The van der Waals surface area contributed by atoms with Gasteiger partial charge < -0.3 is 20.1 Å². The van der Waals surface area contributed by atoms with Crippen molar-refractivity contribution >= 4 is 44.7 Å².